The average molecular weight is 467 g/mol. The molecule has 1 unspecified atom stereocenters. The van der Waals surface area contributed by atoms with Gasteiger partial charge in [-0.2, -0.15) is 18.3 Å². The van der Waals surface area contributed by atoms with Gasteiger partial charge in [-0.1, -0.05) is 29.3 Å². The van der Waals surface area contributed by atoms with Gasteiger partial charge in [0.2, 0.25) is 5.91 Å². The Balaban J connectivity index is 1.66. The van der Waals surface area contributed by atoms with E-state index >= 15 is 0 Å². The van der Waals surface area contributed by atoms with Crippen LogP contribution in [0.2, 0.25) is 10.0 Å². The third-order valence-electron chi connectivity index (χ3n) is 5.20. The molecule has 1 aliphatic rings. The Morgan fingerprint density at radius 2 is 1.83 bits per heavy atom. The van der Waals surface area contributed by atoms with Crippen molar-refractivity contribution in [2.24, 2.45) is 0 Å². The molecule has 2 aromatic rings. The number of amides is 1. The fourth-order valence-electron chi connectivity index (χ4n) is 3.46. The lowest BCUT2D eigenvalue weighted by Gasteiger charge is -2.36. The van der Waals surface area contributed by atoms with Crippen molar-refractivity contribution in [1.82, 2.24) is 19.6 Å². The summed E-state index contributed by atoms with van der Waals surface area (Å²) in [5.74, 6) is -0.740. The van der Waals surface area contributed by atoms with E-state index in [1.54, 1.807) is 11.0 Å². The normalized spacial score (nSPS) is 16.7. The molecule has 0 N–H and O–H groups in total. The molecule has 1 atom stereocenters. The molecule has 1 aromatic heterocycles. The second kappa shape index (κ2) is 8.72. The first-order valence-electron chi connectivity index (χ1n) is 9.26. The molecule has 3 rings (SSSR count). The second-order valence-electron chi connectivity index (χ2n) is 7.17. The number of benzene rings is 1. The van der Waals surface area contributed by atoms with Crippen LogP contribution in [0, 0.1) is 12.7 Å². The second-order valence-corrected chi connectivity index (χ2v) is 7.95. The summed E-state index contributed by atoms with van der Waals surface area (Å²) in [4.78, 5) is 16.4. The van der Waals surface area contributed by atoms with Crippen molar-refractivity contribution >= 4 is 29.1 Å². The fourth-order valence-corrected chi connectivity index (χ4v) is 3.91. The highest BCUT2D eigenvalue weighted by atomic mass is 35.5. The summed E-state index contributed by atoms with van der Waals surface area (Å²) >= 11 is 11.8. The van der Waals surface area contributed by atoms with Gasteiger partial charge in [-0.3, -0.25) is 14.4 Å². The number of carbonyl (C=O) groups excluding carboxylic acids is 1. The van der Waals surface area contributed by atoms with E-state index in [-0.39, 0.29) is 17.4 Å². The Hall–Kier alpha value is -1.84. The zero-order chi connectivity index (χ0) is 22.2. The first-order chi connectivity index (χ1) is 14.0. The van der Waals surface area contributed by atoms with Gasteiger partial charge in [0.15, 0.2) is 5.69 Å². The quantitative estimate of drug-likeness (QED) is 0.620. The van der Waals surface area contributed by atoms with Crippen molar-refractivity contribution in [2.75, 3.05) is 26.2 Å². The Morgan fingerprint density at radius 3 is 2.37 bits per heavy atom. The van der Waals surface area contributed by atoms with E-state index in [0.717, 1.165) is 4.68 Å². The number of hydrogen-bond acceptors (Lipinski definition) is 3. The summed E-state index contributed by atoms with van der Waals surface area (Å²) < 4.78 is 54.1. The number of nitrogens with zero attached hydrogens (tertiary/aromatic N) is 4. The van der Waals surface area contributed by atoms with Crippen LogP contribution < -0.4 is 0 Å². The molecule has 164 valence electrons. The third kappa shape index (κ3) is 4.58. The molecule has 1 saturated heterocycles. The maximum atomic E-state index is 14.0. The molecule has 2 heterocycles. The Kier molecular flexibility index (Phi) is 6.64. The van der Waals surface area contributed by atoms with Crippen molar-refractivity contribution in [1.29, 1.82) is 0 Å². The van der Waals surface area contributed by atoms with Gasteiger partial charge < -0.3 is 4.90 Å². The van der Waals surface area contributed by atoms with Gasteiger partial charge in [-0.05, 0) is 26.0 Å². The first-order valence-corrected chi connectivity index (χ1v) is 10.0. The van der Waals surface area contributed by atoms with E-state index in [1.165, 1.54) is 26.0 Å². The van der Waals surface area contributed by atoms with E-state index in [1.807, 2.05) is 4.90 Å². The minimum absolute atomic E-state index is 0.0812. The van der Waals surface area contributed by atoms with Crippen LogP contribution >= 0.6 is 23.2 Å². The van der Waals surface area contributed by atoms with Crippen LogP contribution in [0.3, 0.4) is 0 Å². The van der Waals surface area contributed by atoms with Gasteiger partial charge in [-0.25, -0.2) is 4.39 Å². The van der Waals surface area contributed by atoms with Crippen LogP contribution in [-0.2, 0) is 17.5 Å². The zero-order valence-corrected chi connectivity index (χ0v) is 17.8. The highest BCUT2D eigenvalue weighted by Crippen LogP contribution is 2.36. The predicted molar refractivity (Wildman–Crippen MR) is 105 cm³/mol. The number of hydrogen-bond donors (Lipinski definition) is 0. The minimum atomic E-state index is -4.70. The maximum Gasteiger partial charge on any atom is 0.436 e. The third-order valence-corrected chi connectivity index (χ3v) is 6.00. The molecule has 1 aliphatic heterocycles. The van der Waals surface area contributed by atoms with Crippen LogP contribution in [0.4, 0.5) is 17.6 Å². The first kappa shape index (κ1) is 22.8. The minimum Gasteiger partial charge on any atom is -0.338 e. The zero-order valence-electron chi connectivity index (χ0n) is 16.3. The maximum absolute atomic E-state index is 14.0. The number of carbonyl (C=O) groups is 1. The smallest absolute Gasteiger partial charge is 0.338 e. The average Bonchev–Trinajstić information content (AvgIpc) is 2.99. The monoisotopic (exact) mass is 466 g/mol. The molecule has 1 aromatic carbocycles. The molecule has 1 fully saturated rings. The van der Waals surface area contributed by atoms with Crippen LogP contribution in [-0.4, -0.2) is 51.7 Å². The summed E-state index contributed by atoms with van der Waals surface area (Å²) in [6.45, 7) is 4.87. The van der Waals surface area contributed by atoms with Gasteiger partial charge in [0.05, 0.1) is 10.7 Å². The number of piperazine rings is 1. The van der Waals surface area contributed by atoms with E-state index in [2.05, 4.69) is 5.10 Å². The van der Waals surface area contributed by atoms with Crippen LogP contribution in [0.25, 0.3) is 0 Å². The summed E-state index contributed by atoms with van der Waals surface area (Å²) in [7, 11) is 0. The van der Waals surface area contributed by atoms with Gasteiger partial charge in [0, 0.05) is 43.3 Å². The molecule has 1 amide bonds. The molecule has 11 heteroatoms. The van der Waals surface area contributed by atoms with Crippen LogP contribution in [0.1, 0.15) is 29.9 Å². The van der Waals surface area contributed by atoms with E-state index in [4.69, 9.17) is 23.2 Å². The van der Waals surface area contributed by atoms with Crippen molar-refractivity contribution in [3.05, 3.63) is 51.0 Å². The van der Waals surface area contributed by atoms with Crippen molar-refractivity contribution in [3.63, 3.8) is 0 Å². The fraction of sp³-hybridized carbons (Fsp3) is 0.474. The molecule has 30 heavy (non-hydrogen) atoms. The number of aromatic nitrogens is 2. The Morgan fingerprint density at radius 1 is 1.20 bits per heavy atom. The lowest BCUT2D eigenvalue weighted by Crippen LogP contribution is -2.50. The van der Waals surface area contributed by atoms with Crippen LogP contribution in [0.5, 0.6) is 0 Å². The molecular formula is C19H20Cl2F4N4O. The summed E-state index contributed by atoms with van der Waals surface area (Å²) in [5, 5.41) is 3.37. The van der Waals surface area contributed by atoms with Gasteiger partial charge in [-0.15, -0.1) is 0 Å². The van der Waals surface area contributed by atoms with E-state index in [9.17, 15) is 22.4 Å². The lowest BCUT2D eigenvalue weighted by atomic mass is 10.1. The Bertz CT molecular complexity index is 919. The Labute approximate surface area is 181 Å². The highest BCUT2D eigenvalue weighted by molar-refractivity contribution is 6.32. The van der Waals surface area contributed by atoms with E-state index in [0.29, 0.717) is 43.3 Å². The SMILES string of the molecule is Cc1c(Cl)c(C(F)(F)F)nn1C(C)C(=O)N1CCN(Cc2c(F)cccc2Cl)CC1. The molecule has 5 nitrogen and oxygen atoms in total. The van der Waals surface area contributed by atoms with Gasteiger partial charge >= 0.3 is 6.18 Å². The predicted octanol–water partition coefficient (Wildman–Crippen LogP) is 4.56. The summed E-state index contributed by atoms with van der Waals surface area (Å²) in [6.07, 6.45) is -4.70. The van der Waals surface area contributed by atoms with Gasteiger partial charge in [0.25, 0.3) is 0 Å². The topological polar surface area (TPSA) is 41.4 Å². The molecule has 0 radical (unpaired) electrons. The van der Waals surface area contributed by atoms with Crippen molar-refractivity contribution in [2.45, 2.75) is 32.6 Å². The highest BCUT2D eigenvalue weighted by Gasteiger charge is 2.39. The number of alkyl halides is 3. The molecule has 0 bridgehead atoms. The summed E-state index contributed by atoms with van der Waals surface area (Å²) in [6, 6.07) is 3.56. The molecule has 0 saturated carbocycles. The lowest BCUT2D eigenvalue weighted by molar-refractivity contribution is -0.142. The van der Waals surface area contributed by atoms with Crippen LogP contribution in [0.15, 0.2) is 18.2 Å². The van der Waals surface area contributed by atoms with E-state index < -0.39 is 22.9 Å². The number of rotatable bonds is 4. The van der Waals surface area contributed by atoms with Crippen molar-refractivity contribution < 1.29 is 22.4 Å². The largest absolute Gasteiger partial charge is 0.436 e. The molecular weight excluding hydrogens is 447 g/mol. The van der Waals surface area contributed by atoms with Crippen molar-refractivity contribution in [3.8, 4) is 0 Å². The summed E-state index contributed by atoms with van der Waals surface area (Å²) in [5.41, 5.74) is -0.723. The van der Waals surface area contributed by atoms with Gasteiger partial charge in [0.1, 0.15) is 11.9 Å². The standard InChI is InChI=1S/C19H20Cl2F4N4O/c1-11-16(21)17(19(23,24)25)26-29(11)12(2)18(30)28-8-6-27(7-9-28)10-13-14(20)4-3-5-15(13)22/h3-5,12H,6-10H2,1-2H3. The molecule has 0 spiro atoms. The number of halogens is 6. The molecule has 0 aliphatic carbocycles.